The van der Waals surface area contributed by atoms with Crippen LogP contribution in [-0.4, -0.2) is 25.6 Å². The molecule has 1 heterocycles. The van der Waals surface area contributed by atoms with Gasteiger partial charge in [-0.3, -0.25) is 4.79 Å². The number of hydrogen-bond donors (Lipinski definition) is 1. The lowest BCUT2D eigenvalue weighted by Crippen LogP contribution is -2.21. The van der Waals surface area contributed by atoms with Gasteiger partial charge in [-0.2, -0.15) is 0 Å². The summed E-state index contributed by atoms with van der Waals surface area (Å²) in [5.74, 6) is -1.54. The van der Waals surface area contributed by atoms with E-state index in [9.17, 15) is 9.59 Å². The number of nitrogens with one attached hydrogen (secondary N) is 1. The molecule has 0 fully saturated rings. The van der Waals surface area contributed by atoms with E-state index in [4.69, 9.17) is 60.3 Å². The van der Waals surface area contributed by atoms with Gasteiger partial charge in [0.05, 0.1) is 32.4 Å². The topological polar surface area (TPSA) is 77.8 Å². The Balaban J connectivity index is 1.74. The molecule has 3 aromatic rings. The van der Waals surface area contributed by atoms with Crippen LogP contribution in [0.5, 0.6) is 0 Å². The van der Waals surface area contributed by atoms with Gasteiger partial charge in [0.2, 0.25) is 5.76 Å². The Kier molecular flexibility index (Phi) is 6.93. The molecule has 152 valence electrons. The molecule has 0 aliphatic carbocycles. The summed E-state index contributed by atoms with van der Waals surface area (Å²) in [5.41, 5.74) is 1.06. The SMILES string of the molecule is COCc1c(C(=O)OCC(=O)Nc2c(Cl)c(Cl)cc(Cl)c2Cl)oc2ccccc12. The molecule has 0 unspecified atom stereocenters. The molecule has 1 N–H and O–H groups in total. The quantitative estimate of drug-likeness (QED) is 0.349. The van der Waals surface area contributed by atoms with Crippen LogP contribution in [0.4, 0.5) is 5.69 Å². The van der Waals surface area contributed by atoms with Gasteiger partial charge in [-0.25, -0.2) is 4.79 Å². The third-order valence-corrected chi connectivity index (χ3v) is 5.46. The van der Waals surface area contributed by atoms with Crippen LogP contribution in [0, 0.1) is 0 Å². The van der Waals surface area contributed by atoms with Gasteiger partial charge in [0.25, 0.3) is 5.91 Å². The van der Waals surface area contributed by atoms with E-state index >= 15 is 0 Å². The summed E-state index contributed by atoms with van der Waals surface area (Å²) in [7, 11) is 1.49. The minimum absolute atomic E-state index is 0.0143. The van der Waals surface area contributed by atoms with E-state index in [1.165, 1.54) is 13.2 Å². The maximum absolute atomic E-state index is 12.5. The molecule has 0 bridgehead atoms. The third kappa shape index (κ3) is 4.63. The summed E-state index contributed by atoms with van der Waals surface area (Å²) in [4.78, 5) is 24.7. The molecule has 3 rings (SSSR count). The van der Waals surface area contributed by atoms with Crippen molar-refractivity contribution < 1.29 is 23.5 Å². The number of amides is 1. The maximum Gasteiger partial charge on any atom is 0.375 e. The number of rotatable bonds is 6. The van der Waals surface area contributed by atoms with Crippen molar-refractivity contribution in [2.24, 2.45) is 0 Å². The zero-order valence-electron chi connectivity index (χ0n) is 14.9. The van der Waals surface area contributed by atoms with Gasteiger partial charge in [-0.05, 0) is 12.1 Å². The standard InChI is InChI=1S/C19H13Cl4NO5/c1-27-7-10-9-4-2-3-5-13(9)29-18(10)19(26)28-8-14(25)24-17-15(22)11(20)6-12(21)16(17)23/h2-6H,7-8H2,1H3,(H,24,25). The van der Waals surface area contributed by atoms with Crippen LogP contribution in [0.1, 0.15) is 16.1 Å². The highest BCUT2D eigenvalue weighted by Gasteiger charge is 2.23. The molecule has 2 aromatic carbocycles. The lowest BCUT2D eigenvalue weighted by atomic mass is 10.1. The molecular formula is C19H13Cl4NO5. The van der Waals surface area contributed by atoms with Gasteiger partial charge >= 0.3 is 5.97 Å². The van der Waals surface area contributed by atoms with Crippen molar-refractivity contribution in [2.75, 3.05) is 19.0 Å². The maximum atomic E-state index is 12.5. The number of esters is 1. The van der Waals surface area contributed by atoms with E-state index in [1.54, 1.807) is 18.2 Å². The summed E-state index contributed by atoms with van der Waals surface area (Å²) >= 11 is 24.0. The number of hydrogen-bond acceptors (Lipinski definition) is 5. The van der Waals surface area contributed by atoms with Crippen LogP contribution in [0.2, 0.25) is 20.1 Å². The van der Waals surface area contributed by atoms with Gasteiger partial charge in [0.1, 0.15) is 5.58 Å². The summed E-state index contributed by atoms with van der Waals surface area (Å²) in [6.45, 7) is -0.473. The number of carbonyl (C=O) groups excluding carboxylic acids is 2. The van der Waals surface area contributed by atoms with E-state index < -0.39 is 18.5 Å². The number of methoxy groups -OCH3 is 1. The minimum atomic E-state index is -0.815. The van der Waals surface area contributed by atoms with E-state index in [0.29, 0.717) is 11.1 Å². The lowest BCUT2D eigenvalue weighted by molar-refractivity contribution is -0.119. The average molecular weight is 477 g/mol. The molecule has 0 aliphatic heterocycles. The van der Waals surface area contributed by atoms with Gasteiger partial charge in [0.15, 0.2) is 6.61 Å². The first-order valence-electron chi connectivity index (χ1n) is 8.12. The fourth-order valence-corrected chi connectivity index (χ4v) is 3.51. The summed E-state index contributed by atoms with van der Waals surface area (Å²) in [6, 6.07) is 8.44. The second kappa shape index (κ2) is 9.24. The molecule has 1 amide bonds. The zero-order chi connectivity index (χ0) is 21.1. The molecule has 1 aromatic heterocycles. The number of fused-ring (bicyclic) bond motifs is 1. The Morgan fingerprint density at radius 2 is 1.72 bits per heavy atom. The van der Waals surface area contributed by atoms with Crippen molar-refractivity contribution in [1.82, 2.24) is 0 Å². The van der Waals surface area contributed by atoms with Crippen molar-refractivity contribution in [1.29, 1.82) is 0 Å². The Morgan fingerprint density at radius 1 is 1.07 bits per heavy atom. The number of para-hydroxylation sites is 1. The van der Waals surface area contributed by atoms with Gasteiger partial charge < -0.3 is 19.2 Å². The second-order valence-corrected chi connectivity index (χ2v) is 7.38. The van der Waals surface area contributed by atoms with Crippen LogP contribution in [0.25, 0.3) is 11.0 Å². The molecule has 0 radical (unpaired) electrons. The highest BCUT2D eigenvalue weighted by Crippen LogP contribution is 2.41. The van der Waals surface area contributed by atoms with Crippen LogP contribution < -0.4 is 5.32 Å². The molecule has 0 aliphatic rings. The van der Waals surface area contributed by atoms with E-state index in [2.05, 4.69) is 5.32 Å². The first-order valence-corrected chi connectivity index (χ1v) is 9.64. The molecule has 29 heavy (non-hydrogen) atoms. The summed E-state index contributed by atoms with van der Waals surface area (Å²) in [6.07, 6.45) is 0. The largest absolute Gasteiger partial charge is 0.450 e. The fourth-order valence-electron chi connectivity index (χ4n) is 2.61. The van der Waals surface area contributed by atoms with Gasteiger partial charge in [0, 0.05) is 18.1 Å². The van der Waals surface area contributed by atoms with E-state index in [-0.39, 0.29) is 38.1 Å². The summed E-state index contributed by atoms with van der Waals surface area (Å²) < 4.78 is 15.8. The Hall–Kier alpha value is -1.96. The molecule has 0 saturated carbocycles. The minimum Gasteiger partial charge on any atom is -0.450 e. The van der Waals surface area contributed by atoms with Crippen LogP contribution in [-0.2, 0) is 20.9 Å². The molecule has 0 atom stereocenters. The zero-order valence-corrected chi connectivity index (χ0v) is 17.9. The number of anilines is 1. The molecule has 0 spiro atoms. The Bertz CT molecular complexity index is 1070. The molecule has 6 nitrogen and oxygen atoms in total. The van der Waals surface area contributed by atoms with Crippen LogP contribution in [0.3, 0.4) is 0 Å². The van der Waals surface area contributed by atoms with Crippen molar-refractivity contribution in [3.63, 3.8) is 0 Å². The van der Waals surface area contributed by atoms with Crippen molar-refractivity contribution in [2.45, 2.75) is 6.61 Å². The molecule has 10 heteroatoms. The lowest BCUT2D eigenvalue weighted by Gasteiger charge is -2.12. The Morgan fingerprint density at radius 3 is 2.38 bits per heavy atom. The number of ether oxygens (including phenoxy) is 2. The monoisotopic (exact) mass is 475 g/mol. The second-order valence-electron chi connectivity index (χ2n) is 5.81. The fraction of sp³-hybridized carbons (Fsp3) is 0.158. The van der Waals surface area contributed by atoms with Crippen molar-refractivity contribution in [3.8, 4) is 0 Å². The van der Waals surface area contributed by atoms with Gasteiger partial charge in [-0.15, -0.1) is 0 Å². The van der Waals surface area contributed by atoms with Crippen LogP contribution in [0.15, 0.2) is 34.7 Å². The van der Waals surface area contributed by atoms with Crippen molar-refractivity contribution in [3.05, 3.63) is 61.7 Å². The highest BCUT2D eigenvalue weighted by molar-refractivity contribution is 6.50. The molecular weight excluding hydrogens is 464 g/mol. The number of benzene rings is 2. The van der Waals surface area contributed by atoms with E-state index in [0.717, 1.165) is 5.39 Å². The average Bonchev–Trinajstić information content (AvgIpc) is 3.07. The smallest absolute Gasteiger partial charge is 0.375 e. The van der Waals surface area contributed by atoms with E-state index in [1.807, 2.05) is 6.07 Å². The third-order valence-electron chi connectivity index (χ3n) is 3.88. The van der Waals surface area contributed by atoms with Gasteiger partial charge in [-0.1, -0.05) is 64.6 Å². The number of furan rings is 1. The number of halogens is 4. The normalized spacial score (nSPS) is 10.9. The predicted molar refractivity (Wildman–Crippen MR) is 112 cm³/mol. The molecule has 0 saturated heterocycles. The van der Waals surface area contributed by atoms with Crippen LogP contribution >= 0.6 is 46.4 Å². The first kappa shape index (κ1) is 21.7. The predicted octanol–water partition coefficient (Wildman–Crippen LogP) is 5.99. The number of carbonyl (C=O) groups is 2. The Labute approximate surface area is 185 Å². The summed E-state index contributed by atoms with van der Waals surface area (Å²) in [5, 5.41) is 3.40. The first-order chi connectivity index (χ1) is 13.8. The highest BCUT2D eigenvalue weighted by atomic mass is 35.5. The van der Waals surface area contributed by atoms with Crippen molar-refractivity contribution >= 4 is 74.9 Å².